The first-order chi connectivity index (χ1) is 19.5. The first-order valence-corrected chi connectivity index (χ1v) is 14.7. The van der Waals surface area contributed by atoms with Gasteiger partial charge in [-0.05, 0) is 119 Å². The molecule has 202 valence electrons. The largest absolute Gasteiger partial charge is 0.489 e. The second kappa shape index (κ2) is 11.3. The number of anilines is 1. The third-order valence-electron chi connectivity index (χ3n) is 7.67. The van der Waals surface area contributed by atoms with Crippen LogP contribution in [0.15, 0.2) is 84.9 Å². The average Bonchev–Trinajstić information content (AvgIpc) is 3.36. The molecule has 0 saturated heterocycles. The molecule has 7 heteroatoms. The van der Waals surface area contributed by atoms with Crippen LogP contribution in [0.2, 0.25) is 0 Å². The SMILES string of the molecule is Nc1ccc(-c2ccc(I)cc2)c(COc2ccc(-c3nc4cc(C(=O)O)ccc4n3C3CCCCC3)cc2)c1. The van der Waals surface area contributed by atoms with Gasteiger partial charge in [-0.1, -0.05) is 37.5 Å². The highest BCUT2D eigenvalue weighted by molar-refractivity contribution is 14.1. The van der Waals surface area contributed by atoms with E-state index in [-0.39, 0.29) is 5.56 Å². The Bertz CT molecular complexity index is 1670. The zero-order valence-corrected chi connectivity index (χ0v) is 24.2. The van der Waals surface area contributed by atoms with E-state index in [1.165, 1.54) is 22.8 Å². The van der Waals surface area contributed by atoms with Crippen LogP contribution >= 0.6 is 22.6 Å². The molecule has 1 heterocycles. The van der Waals surface area contributed by atoms with Crippen LogP contribution in [-0.4, -0.2) is 20.6 Å². The maximum Gasteiger partial charge on any atom is 0.335 e. The summed E-state index contributed by atoms with van der Waals surface area (Å²) in [6.45, 7) is 0.393. The number of aromatic carboxylic acids is 1. The summed E-state index contributed by atoms with van der Waals surface area (Å²) in [5, 5.41) is 9.50. The highest BCUT2D eigenvalue weighted by Crippen LogP contribution is 2.37. The number of carbonyl (C=O) groups is 1. The van der Waals surface area contributed by atoms with Gasteiger partial charge in [0.2, 0.25) is 0 Å². The molecule has 1 fully saturated rings. The fraction of sp³-hybridized carbons (Fsp3) is 0.212. The predicted octanol–water partition coefficient (Wildman–Crippen LogP) is 8.34. The summed E-state index contributed by atoms with van der Waals surface area (Å²) in [6.07, 6.45) is 5.84. The molecule has 0 radical (unpaired) electrons. The smallest absolute Gasteiger partial charge is 0.335 e. The lowest BCUT2D eigenvalue weighted by molar-refractivity contribution is 0.0697. The Balaban J connectivity index is 1.28. The van der Waals surface area contributed by atoms with Crippen LogP contribution in [0.1, 0.15) is 54.1 Å². The number of imidazole rings is 1. The zero-order valence-electron chi connectivity index (χ0n) is 22.0. The van der Waals surface area contributed by atoms with E-state index in [0.717, 1.165) is 52.2 Å². The molecule has 0 bridgehead atoms. The Labute approximate surface area is 247 Å². The van der Waals surface area contributed by atoms with Crippen LogP contribution in [-0.2, 0) is 6.61 Å². The normalized spacial score (nSPS) is 13.9. The number of ether oxygens (including phenoxy) is 1. The lowest BCUT2D eigenvalue weighted by Crippen LogP contribution is -2.14. The highest BCUT2D eigenvalue weighted by atomic mass is 127. The maximum atomic E-state index is 11.6. The summed E-state index contributed by atoms with van der Waals surface area (Å²) < 4.78 is 9.73. The van der Waals surface area contributed by atoms with Gasteiger partial charge in [0, 0.05) is 20.9 Å². The number of nitrogen functional groups attached to an aromatic ring is 1. The van der Waals surface area contributed by atoms with Gasteiger partial charge in [0.1, 0.15) is 18.2 Å². The molecule has 5 aromatic rings. The maximum absolute atomic E-state index is 11.6. The molecule has 1 aliphatic carbocycles. The topological polar surface area (TPSA) is 90.4 Å². The fourth-order valence-electron chi connectivity index (χ4n) is 5.65. The van der Waals surface area contributed by atoms with Gasteiger partial charge in [-0.3, -0.25) is 0 Å². The molecule has 1 aliphatic rings. The Hall–Kier alpha value is -3.85. The molecule has 40 heavy (non-hydrogen) atoms. The van der Waals surface area contributed by atoms with E-state index in [0.29, 0.717) is 23.9 Å². The molecule has 6 rings (SSSR count). The number of nitrogens with two attached hydrogens (primary N) is 1. The average molecular weight is 644 g/mol. The van der Waals surface area contributed by atoms with Crippen LogP contribution in [0.3, 0.4) is 0 Å². The quantitative estimate of drug-likeness (QED) is 0.138. The standard InChI is InChI=1S/C33H30IN3O3/c34-25-11-6-21(7-12-25)29-16-13-26(35)18-24(29)20-40-28-14-8-22(9-15-28)32-36-30-19-23(33(38)39)10-17-31(30)37(32)27-4-2-1-3-5-27/h6-19,27H,1-5,20,35H2,(H,38,39). The van der Waals surface area contributed by atoms with E-state index in [1.807, 2.05) is 48.5 Å². The van der Waals surface area contributed by atoms with E-state index >= 15 is 0 Å². The fourth-order valence-corrected chi connectivity index (χ4v) is 6.01. The monoisotopic (exact) mass is 643 g/mol. The van der Waals surface area contributed by atoms with E-state index in [9.17, 15) is 9.90 Å². The van der Waals surface area contributed by atoms with Crippen molar-refractivity contribution >= 4 is 45.3 Å². The number of nitrogens with zero attached hydrogens (tertiary/aromatic N) is 2. The first kappa shape index (κ1) is 26.4. The molecular formula is C33H30IN3O3. The van der Waals surface area contributed by atoms with Crippen molar-refractivity contribution < 1.29 is 14.6 Å². The number of hydrogen-bond donors (Lipinski definition) is 2. The van der Waals surface area contributed by atoms with Crippen LogP contribution in [0.25, 0.3) is 33.5 Å². The van der Waals surface area contributed by atoms with Crippen LogP contribution in [0.5, 0.6) is 5.75 Å². The first-order valence-electron chi connectivity index (χ1n) is 13.6. The number of fused-ring (bicyclic) bond motifs is 1. The van der Waals surface area contributed by atoms with Gasteiger partial charge >= 0.3 is 5.97 Å². The van der Waals surface area contributed by atoms with E-state index in [4.69, 9.17) is 15.5 Å². The molecular weight excluding hydrogens is 613 g/mol. The second-order valence-corrected chi connectivity index (χ2v) is 11.6. The van der Waals surface area contributed by atoms with Crippen LogP contribution in [0.4, 0.5) is 5.69 Å². The van der Waals surface area contributed by atoms with E-state index in [1.54, 1.807) is 12.1 Å². The number of carboxylic acid groups (broad SMARTS) is 1. The lowest BCUT2D eigenvalue weighted by Gasteiger charge is -2.25. The van der Waals surface area contributed by atoms with Crippen molar-refractivity contribution in [3.63, 3.8) is 0 Å². The third kappa shape index (κ3) is 5.43. The molecule has 3 N–H and O–H groups in total. The number of halogens is 1. The summed E-state index contributed by atoms with van der Waals surface area (Å²) >= 11 is 2.31. The summed E-state index contributed by atoms with van der Waals surface area (Å²) in [5.41, 5.74) is 13.0. The van der Waals surface area contributed by atoms with Crippen molar-refractivity contribution in [2.75, 3.05) is 5.73 Å². The molecule has 6 nitrogen and oxygen atoms in total. The van der Waals surface area contributed by atoms with Crippen molar-refractivity contribution in [1.29, 1.82) is 0 Å². The minimum Gasteiger partial charge on any atom is -0.489 e. The predicted molar refractivity (Wildman–Crippen MR) is 168 cm³/mol. The molecule has 4 aromatic carbocycles. The minimum atomic E-state index is -0.942. The van der Waals surface area contributed by atoms with Crippen molar-refractivity contribution in [3.8, 4) is 28.3 Å². The summed E-state index contributed by atoms with van der Waals surface area (Å²) in [5.74, 6) is 0.684. The number of carboxylic acids is 1. The number of aromatic nitrogens is 2. The van der Waals surface area contributed by atoms with Crippen molar-refractivity contribution in [2.45, 2.75) is 44.8 Å². The van der Waals surface area contributed by atoms with Gasteiger partial charge < -0.3 is 20.1 Å². The van der Waals surface area contributed by atoms with Gasteiger partial charge in [0.25, 0.3) is 0 Å². The molecule has 0 atom stereocenters. The Kier molecular flexibility index (Phi) is 7.47. The van der Waals surface area contributed by atoms with E-state index < -0.39 is 5.97 Å². The summed E-state index contributed by atoms with van der Waals surface area (Å²) in [7, 11) is 0. The minimum absolute atomic E-state index is 0.252. The van der Waals surface area contributed by atoms with Gasteiger partial charge in [-0.25, -0.2) is 9.78 Å². The molecule has 0 aliphatic heterocycles. The number of hydrogen-bond acceptors (Lipinski definition) is 4. The molecule has 1 aromatic heterocycles. The van der Waals surface area contributed by atoms with Gasteiger partial charge in [0.05, 0.1) is 16.6 Å². The summed E-state index contributed by atoms with van der Waals surface area (Å²) in [6, 6.07) is 28.0. The van der Waals surface area contributed by atoms with Crippen molar-refractivity contribution in [1.82, 2.24) is 9.55 Å². The summed E-state index contributed by atoms with van der Waals surface area (Å²) in [4.78, 5) is 16.5. The lowest BCUT2D eigenvalue weighted by atomic mass is 9.95. The number of rotatable bonds is 7. The third-order valence-corrected chi connectivity index (χ3v) is 8.39. The van der Waals surface area contributed by atoms with Crippen LogP contribution in [0, 0.1) is 3.57 Å². The van der Waals surface area contributed by atoms with Gasteiger partial charge in [-0.2, -0.15) is 0 Å². The molecule has 0 amide bonds. The van der Waals surface area contributed by atoms with Crippen molar-refractivity contribution in [2.24, 2.45) is 0 Å². The van der Waals surface area contributed by atoms with Gasteiger partial charge in [0.15, 0.2) is 0 Å². The highest BCUT2D eigenvalue weighted by Gasteiger charge is 2.23. The Morgan fingerprint density at radius 2 is 1.65 bits per heavy atom. The van der Waals surface area contributed by atoms with Crippen molar-refractivity contribution in [3.05, 3.63) is 99.6 Å². The molecule has 1 saturated carbocycles. The van der Waals surface area contributed by atoms with E-state index in [2.05, 4.69) is 51.4 Å². The van der Waals surface area contributed by atoms with Gasteiger partial charge in [-0.15, -0.1) is 0 Å². The molecule has 0 unspecified atom stereocenters. The second-order valence-electron chi connectivity index (χ2n) is 10.3. The Morgan fingerprint density at radius 3 is 2.38 bits per heavy atom. The Morgan fingerprint density at radius 1 is 0.925 bits per heavy atom. The number of benzene rings is 4. The van der Waals surface area contributed by atoms with Crippen LogP contribution < -0.4 is 10.5 Å². The molecule has 0 spiro atoms. The zero-order chi connectivity index (χ0) is 27.6.